The first kappa shape index (κ1) is 16.6. The number of carbonyl (C=O) groups excluding carboxylic acids is 1. The first-order chi connectivity index (χ1) is 12.2. The van der Waals surface area contributed by atoms with Gasteiger partial charge in [0.05, 0.1) is 6.10 Å². The first-order valence-corrected chi connectivity index (χ1v) is 9.67. The monoisotopic (exact) mass is 337 g/mol. The van der Waals surface area contributed by atoms with Crippen molar-refractivity contribution in [3.63, 3.8) is 0 Å². The van der Waals surface area contributed by atoms with E-state index < -0.39 is 0 Å². The molecule has 1 aliphatic carbocycles. The van der Waals surface area contributed by atoms with Crippen LogP contribution < -0.4 is 0 Å². The average molecular weight is 337 g/mol. The largest absolute Gasteiger partial charge is 0.393 e. The van der Waals surface area contributed by atoms with Crippen LogP contribution in [0.25, 0.3) is 10.8 Å². The van der Waals surface area contributed by atoms with Crippen LogP contribution in [-0.4, -0.2) is 34.6 Å². The zero-order valence-corrected chi connectivity index (χ0v) is 14.7. The third kappa shape index (κ3) is 3.57. The van der Waals surface area contributed by atoms with Gasteiger partial charge in [-0.3, -0.25) is 4.79 Å². The Bertz CT molecular complexity index is 749. The summed E-state index contributed by atoms with van der Waals surface area (Å²) in [4.78, 5) is 15.2. The van der Waals surface area contributed by atoms with Crippen LogP contribution in [0.5, 0.6) is 0 Å². The van der Waals surface area contributed by atoms with Crippen molar-refractivity contribution in [3.8, 4) is 0 Å². The molecule has 1 aliphatic heterocycles. The van der Waals surface area contributed by atoms with Gasteiger partial charge in [0, 0.05) is 18.5 Å². The van der Waals surface area contributed by atoms with E-state index in [0.29, 0.717) is 11.9 Å². The van der Waals surface area contributed by atoms with E-state index in [0.717, 1.165) is 51.5 Å². The number of rotatable bonds is 3. The highest BCUT2D eigenvalue weighted by atomic mass is 16.3. The van der Waals surface area contributed by atoms with Crippen molar-refractivity contribution in [2.75, 3.05) is 6.54 Å². The standard InChI is InChI=1S/C22H27NO2/c24-21-11-9-20(10-12-21)23-13-3-6-19(22(23)25)15-16-7-8-17-4-1-2-5-18(17)14-16/h1-2,4-5,7-8,14,19-21,24H,3,6,9-13,15H2. The molecule has 25 heavy (non-hydrogen) atoms. The van der Waals surface area contributed by atoms with Crippen molar-refractivity contribution < 1.29 is 9.90 Å². The van der Waals surface area contributed by atoms with E-state index in [2.05, 4.69) is 47.4 Å². The molecule has 2 fully saturated rings. The molecule has 1 unspecified atom stereocenters. The molecule has 1 N–H and O–H groups in total. The summed E-state index contributed by atoms with van der Waals surface area (Å²) in [6.07, 6.45) is 6.36. The predicted molar refractivity (Wildman–Crippen MR) is 100 cm³/mol. The molecule has 4 rings (SSSR count). The van der Waals surface area contributed by atoms with Gasteiger partial charge in [0.2, 0.25) is 5.91 Å². The molecule has 0 spiro atoms. The fourth-order valence-electron chi connectivity index (χ4n) is 4.55. The second-order valence-corrected chi connectivity index (χ2v) is 7.72. The highest BCUT2D eigenvalue weighted by Crippen LogP contribution is 2.30. The summed E-state index contributed by atoms with van der Waals surface area (Å²) in [5.41, 5.74) is 1.26. The highest BCUT2D eigenvalue weighted by Gasteiger charge is 2.34. The van der Waals surface area contributed by atoms with Gasteiger partial charge >= 0.3 is 0 Å². The summed E-state index contributed by atoms with van der Waals surface area (Å²) >= 11 is 0. The van der Waals surface area contributed by atoms with E-state index in [1.54, 1.807) is 0 Å². The van der Waals surface area contributed by atoms with Crippen LogP contribution in [0.4, 0.5) is 0 Å². The fourth-order valence-corrected chi connectivity index (χ4v) is 4.55. The maximum absolute atomic E-state index is 13.0. The molecule has 1 saturated heterocycles. The number of aliphatic hydroxyl groups is 1. The first-order valence-electron chi connectivity index (χ1n) is 9.67. The summed E-state index contributed by atoms with van der Waals surface area (Å²) in [6, 6.07) is 15.3. The number of piperidine rings is 1. The zero-order chi connectivity index (χ0) is 17.2. The Labute approximate surface area is 149 Å². The number of amides is 1. The molecular formula is C22H27NO2. The van der Waals surface area contributed by atoms with Gasteiger partial charge in [0.25, 0.3) is 0 Å². The van der Waals surface area contributed by atoms with Crippen LogP contribution in [-0.2, 0) is 11.2 Å². The molecule has 0 radical (unpaired) electrons. The number of hydrogen-bond acceptors (Lipinski definition) is 2. The topological polar surface area (TPSA) is 40.5 Å². The van der Waals surface area contributed by atoms with Crippen LogP contribution in [0.2, 0.25) is 0 Å². The Morgan fingerprint density at radius 2 is 1.72 bits per heavy atom. The van der Waals surface area contributed by atoms with Gasteiger partial charge in [0.15, 0.2) is 0 Å². The summed E-state index contributed by atoms with van der Waals surface area (Å²) in [5.74, 6) is 0.447. The Morgan fingerprint density at radius 3 is 2.52 bits per heavy atom. The normalized spacial score (nSPS) is 27.6. The lowest BCUT2D eigenvalue weighted by Crippen LogP contribution is -2.49. The summed E-state index contributed by atoms with van der Waals surface area (Å²) in [5, 5.41) is 12.2. The van der Waals surface area contributed by atoms with E-state index >= 15 is 0 Å². The van der Waals surface area contributed by atoms with Crippen LogP contribution >= 0.6 is 0 Å². The van der Waals surface area contributed by atoms with Crippen LogP contribution in [0, 0.1) is 5.92 Å². The average Bonchev–Trinajstić information content (AvgIpc) is 2.64. The van der Waals surface area contributed by atoms with E-state index in [1.807, 2.05) is 0 Å². The molecule has 3 nitrogen and oxygen atoms in total. The number of hydrogen-bond donors (Lipinski definition) is 1. The minimum atomic E-state index is -0.162. The van der Waals surface area contributed by atoms with Gasteiger partial charge in [-0.2, -0.15) is 0 Å². The van der Waals surface area contributed by atoms with E-state index in [-0.39, 0.29) is 12.0 Å². The lowest BCUT2D eigenvalue weighted by atomic mass is 9.86. The van der Waals surface area contributed by atoms with Crippen molar-refractivity contribution in [3.05, 3.63) is 48.0 Å². The van der Waals surface area contributed by atoms with Gasteiger partial charge in [0.1, 0.15) is 0 Å². The van der Waals surface area contributed by atoms with Crippen LogP contribution in [0.15, 0.2) is 42.5 Å². The lowest BCUT2D eigenvalue weighted by molar-refractivity contribution is -0.142. The van der Waals surface area contributed by atoms with E-state index in [1.165, 1.54) is 16.3 Å². The van der Waals surface area contributed by atoms with Gasteiger partial charge in [-0.05, 0) is 61.3 Å². The van der Waals surface area contributed by atoms with Gasteiger partial charge < -0.3 is 10.0 Å². The molecule has 132 valence electrons. The van der Waals surface area contributed by atoms with Crippen LogP contribution in [0.1, 0.15) is 44.1 Å². The molecule has 1 amide bonds. The second-order valence-electron chi connectivity index (χ2n) is 7.72. The van der Waals surface area contributed by atoms with Crippen molar-refractivity contribution in [2.45, 2.75) is 57.1 Å². The molecule has 1 heterocycles. The van der Waals surface area contributed by atoms with Gasteiger partial charge in [-0.25, -0.2) is 0 Å². The summed E-state index contributed by atoms with van der Waals surface area (Å²) in [6.45, 7) is 0.897. The smallest absolute Gasteiger partial charge is 0.226 e. The Morgan fingerprint density at radius 1 is 0.960 bits per heavy atom. The molecule has 0 bridgehead atoms. The van der Waals surface area contributed by atoms with E-state index in [9.17, 15) is 9.90 Å². The number of benzene rings is 2. The van der Waals surface area contributed by atoms with Crippen molar-refractivity contribution in [2.24, 2.45) is 5.92 Å². The quantitative estimate of drug-likeness (QED) is 0.922. The molecule has 3 heteroatoms. The summed E-state index contributed by atoms with van der Waals surface area (Å²) < 4.78 is 0. The highest BCUT2D eigenvalue weighted by molar-refractivity contribution is 5.84. The van der Waals surface area contributed by atoms with E-state index in [4.69, 9.17) is 0 Å². The Balaban J connectivity index is 1.46. The third-order valence-corrected chi connectivity index (χ3v) is 5.99. The van der Waals surface area contributed by atoms with Gasteiger partial charge in [-0.15, -0.1) is 0 Å². The maximum Gasteiger partial charge on any atom is 0.226 e. The minimum absolute atomic E-state index is 0.113. The fraction of sp³-hybridized carbons (Fsp3) is 0.500. The third-order valence-electron chi connectivity index (χ3n) is 5.99. The van der Waals surface area contributed by atoms with Crippen molar-refractivity contribution >= 4 is 16.7 Å². The Hall–Kier alpha value is -1.87. The van der Waals surface area contributed by atoms with Crippen molar-refractivity contribution in [1.82, 2.24) is 4.90 Å². The molecule has 0 aromatic heterocycles. The van der Waals surface area contributed by atoms with Crippen molar-refractivity contribution in [1.29, 1.82) is 0 Å². The molecule has 2 aromatic rings. The maximum atomic E-state index is 13.0. The minimum Gasteiger partial charge on any atom is -0.393 e. The number of carbonyl (C=O) groups is 1. The molecular weight excluding hydrogens is 310 g/mol. The SMILES string of the molecule is O=C1C(Cc2ccc3ccccc3c2)CCCN1C1CCC(O)CC1. The number of nitrogens with zero attached hydrogens (tertiary/aromatic N) is 1. The second kappa shape index (κ2) is 7.17. The number of likely N-dealkylation sites (tertiary alicyclic amines) is 1. The lowest BCUT2D eigenvalue weighted by Gasteiger charge is -2.40. The molecule has 1 atom stereocenters. The summed E-state index contributed by atoms with van der Waals surface area (Å²) in [7, 11) is 0. The molecule has 2 aliphatic rings. The molecule has 2 aromatic carbocycles. The van der Waals surface area contributed by atoms with Crippen LogP contribution in [0.3, 0.4) is 0 Å². The Kier molecular flexibility index (Phi) is 4.76. The predicted octanol–water partition coefficient (Wildman–Crippen LogP) is 3.92. The number of fused-ring (bicyclic) bond motifs is 1. The number of aliphatic hydroxyl groups excluding tert-OH is 1. The van der Waals surface area contributed by atoms with Gasteiger partial charge in [-0.1, -0.05) is 42.5 Å². The molecule has 1 saturated carbocycles. The zero-order valence-electron chi connectivity index (χ0n) is 14.7.